The predicted molar refractivity (Wildman–Crippen MR) is 59.4 cm³/mol. The first-order valence-electron chi connectivity index (χ1n) is 5.86. The predicted octanol–water partition coefficient (Wildman–Crippen LogP) is 0.657. The van der Waals surface area contributed by atoms with Gasteiger partial charge in [0.2, 0.25) is 5.91 Å². The van der Waals surface area contributed by atoms with Gasteiger partial charge in [-0.2, -0.15) is 0 Å². The van der Waals surface area contributed by atoms with Crippen molar-refractivity contribution < 1.29 is 9.53 Å². The van der Waals surface area contributed by atoms with Gasteiger partial charge in [0.25, 0.3) is 0 Å². The van der Waals surface area contributed by atoms with E-state index in [0.29, 0.717) is 5.92 Å². The van der Waals surface area contributed by atoms with Crippen molar-refractivity contribution >= 4 is 5.91 Å². The second kappa shape index (κ2) is 6.80. The number of rotatable bonds is 5. The molecule has 0 spiro atoms. The van der Waals surface area contributed by atoms with Gasteiger partial charge in [-0.1, -0.05) is 13.3 Å². The zero-order valence-electron chi connectivity index (χ0n) is 9.50. The monoisotopic (exact) mass is 214 g/mol. The Morgan fingerprint density at radius 1 is 1.53 bits per heavy atom. The lowest BCUT2D eigenvalue weighted by Gasteiger charge is -2.26. The third kappa shape index (κ3) is 4.18. The molecule has 0 aliphatic carbocycles. The van der Waals surface area contributed by atoms with Gasteiger partial charge in [0.1, 0.15) is 0 Å². The number of amides is 1. The molecule has 1 fully saturated rings. The summed E-state index contributed by atoms with van der Waals surface area (Å²) in [6.45, 7) is 4.32. The Labute approximate surface area is 91.5 Å². The molecule has 88 valence electrons. The Hall–Kier alpha value is -0.610. The van der Waals surface area contributed by atoms with Gasteiger partial charge in [-0.3, -0.25) is 4.79 Å². The van der Waals surface area contributed by atoms with Crippen molar-refractivity contribution in [3.05, 3.63) is 0 Å². The van der Waals surface area contributed by atoms with Crippen LogP contribution >= 0.6 is 0 Å². The highest BCUT2D eigenvalue weighted by atomic mass is 16.5. The smallest absolute Gasteiger partial charge is 0.237 e. The Bertz CT molecular complexity index is 191. The maximum absolute atomic E-state index is 11.6. The zero-order valence-corrected chi connectivity index (χ0v) is 9.50. The van der Waals surface area contributed by atoms with Crippen LogP contribution in [0.25, 0.3) is 0 Å². The van der Waals surface area contributed by atoms with Crippen LogP contribution < -0.4 is 11.1 Å². The maximum atomic E-state index is 11.6. The van der Waals surface area contributed by atoms with Crippen molar-refractivity contribution in [1.29, 1.82) is 0 Å². The Kier molecular flexibility index (Phi) is 5.65. The van der Waals surface area contributed by atoms with Crippen molar-refractivity contribution in [3.8, 4) is 0 Å². The summed E-state index contributed by atoms with van der Waals surface area (Å²) in [5.41, 5.74) is 5.91. The summed E-state index contributed by atoms with van der Waals surface area (Å²) in [5.74, 6) is 0.288. The van der Waals surface area contributed by atoms with Crippen molar-refractivity contribution in [3.63, 3.8) is 0 Å². The first kappa shape index (κ1) is 12.5. The molecule has 1 unspecified atom stereocenters. The van der Waals surface area contributed by atoms with Crippen LogP contribution in [0.5, 0.6) is 0 Å². The summed E-state index contributed by atoms with van der Waals surface area (Å²) >= 11 is 0. The quantitative estimate of drug-likeness (QED) is 0.661. The topological polar surface area (TPSA) is 64.4 Å². The maximum Gasteiger partial charge on any atom is 0.237 e. The highest BCUT2D eigenvalue weighted by Crippen LogP contribution is 2.17. The molecule has 3 N–H and O–H groups in total. The van der Waals surface area contributed by atoms with Gasteiger partial charge in [-0.15, -0.1) is 0 Å². The third-order valence-electron chi connectivity index (χ3n) is 2.91. The largest absolute Gasteiger partial charge is 0.381 e. The van der Waals surface area contributed by atoms with Crippen LogP contribution in [0.1, 0.15) is 32.6 Å². The lowest BCUT2D eigenvalue weighted by molar-refractivity contribution is -0.124. The molecule has 0 aromatic rings. The molecule has 1 amide bonds. The van der Waals surface area contributed by atoms with E-state index in [1.54, 1.807) is 0 Å². The van der Waals surface area contributed by atoms with Gasteiger partial charge < -0.3 is 15.8 Å². The standard InChI is InChI=1S/C11H22N2O2/c1-2-3-6-13-11(14)10(12)9-4-7-15-8-5-9/h9-10H,2-8,12H2,1H3,(H,13,14). The highest BCUT2D eigenvalue weighted by Gasteiger charge is 2.25. The molecule has 4 nitrogen and oxygen atoms in total. The minimum Gasteiger partial charge on any atom is -0.381 e. The van der Waals surface area contributed by atoms with Crippen LogP contribution in [0.2, 0.25) is 0 Å². The van der Waals surface area contributed by atoms with Crippen molar-refractivity contribution in [2.45, 2.75) is 38.6 Å². The number of nitrogens with one attached hydrogen (secondary N) is 1. The van der Waals surface area contributed by atoms with E-state index >= 15 is 0 Å². The second-order valence-electron chi connectivity index (χ2n) is 4.12. The van der Waals surface area contributed by atoms with Gasteiger partial charge in [0.15, 0.2) is 0 Å². The van der Waals surface area contributed by atoms with Gasteiger partial charge >= 0.3 is 0 Å². The molecular formula is C11H22N2O2. The van der Waals surface area contributed by atoms with E-state index in [0.717, 1.165) is 45.4 Å². The average molecular weight is 214 g/mol. The zero-order chi connectivity index (χ0) is 11.1. The summed E-state index contributed by atoms with van der Waals surface area (Å²) in [7, 11) is 0. The van der Waals surface area contributed by atoms with E-state index < -0.39 is 0 Å². The Morgan fingerprint density at radius 2 is 2.20 bits per heavy atom. The van der Waals surface area contributed by atoms with Crippen molar-refractivity contribution in [2.24, 2.45) is 11.7 Å². The molecule has 0 aromatic carbocycles. The molecule has 4 heteroatoms. The van der Waals surface area contributed by atoms with Gasteiger partial charge in [-0.25, -0.2) is 0 Å². The molecule has 1 aliphatic rings. The summed E-state index contributed by atoms with van der Waals surface area (Å²) in [6.07, 6.45) is 3.92. The summed E-state index contributed by atoms with van der Waals surface area (Å²) < 4.78 is 5.24. The molecule has 1 saturated heterocycles. The minimum absolute atomic E-state index is 0.00431. The molecular weight excluding hydrogens is 192 g/mol. The van der Waals surface area contributed by atoms with Gasteiger partial charge in [-0.05, 0) is 25.2 Å². The molecule has 0 radical (unpaired) electrons. The molecule has 0 saturated carbocycles. The number of unbranched alkanes of at least 4 members (excludes halogenated alkanes) is 1. The summed E-state index contributed by atoms with van der Waals surface area (Å²) in [4.78, 5) is 11.6. The second-order valence-corrected chi connectivity index (χ2v) is 4.12. The van der Waals surface area contributed by atoms with Crippen molar-refractivity contribution in [1.82, 2.24) is 5.32 Å². The van der Waals surface area contributed by atoms with E-state index in [1.807, 2.05) is 0 Å². The molecule has 1 heterocycles. The number of hydrogen-bond acceptors (Lipinski definition) is 3. The molecule has 0 bridgehead atoms. The van der Waals surface area contributed by atoms with Crippen LogP contribution in [0, 0.1) is 5.92 Å². The summed E-state index contributed by atoms with van der Waals surface area (Å²) in [5, 5.41) is 2.88. The van der Waals surface area contributed by atoms with E-state index in [1.165, 1.54) is 0 Å². The van der Waals surface area contributed by atoms with Crippen LogP contribution in [0.15, 0.2) is 0 Å². The number of nitrogens with two attached hydrogens (primary N) is 1. The van der Waals surface area contributed by atoms with Gasteiger partial charge in [0, 0.05) is 19.8 Å². The van der Waals surface area contributed by atoms with Gasteiger partial charge in [0.05, 0.1) is 6.04 Å². The average Bonchev–Trinajstić information content (AvgIpc) is 2.29. The lowest BCUT2D eigenvalue weighted by Crippen LogP contribution is -2.47. The first-order chi connectivity index (χ1) is 7.25. The van der Waals surface area contributed by atoms with E-state index in [9.17, 15) is 4.79 Å². The first-order valence-corrected chi connectivity index (χ1v) is 5.86. The Balaban J connectivity index is 2.24. The molecule has 1 aliphatic heterocycles. The fourth-order valence-corrected chi connectivity index (χ4v) is 1.80. The number of hydrogen-bond donors (Lipinski definition) is 2. The molecule has 1 atom stereocenters. The Morgan fingerprint density at radius 3 is 2.80 bits per heavy atom. The number of ether oxygens (including phenoxy) is 1. The third-order valence-corrected chi connectivity index (χ3v) is 2.91. The lowest BCUT2D eigenvalue weighted by atomic mass is 9.92. The number of carbonyl (C=O) groups is 1. The summed E-state index contributed by atoms with van der Waals surface area (Å²) in [6, 6.07) is -0.356. The van der Waals surface area contributed by atoms with Crippen LogP contribution in [0.4, 0.5) is 0 Å². The fraction of sp³-hybridized carbons (Fsp3) is 0.909. The van der Waals surface area contributed by atoms with Crippen LogP contribution in [-0.2, 0) is 9.53 Å². The van der Waals surface area contributed by atoms with E-state index in [2.05, 4.69) is 12.2 Å². The fourth-order valence-electron chi connectivity index (χ4n) is 1.80. The number of carbonyl (C=O) groups excluding carboxylic acids is 1. The minimum atomic E-state index is -0.356. The van der Waals surface area contributed by atoms with E-state index in [-0.39, 0.29) is 11.9 Å². The molecule has 15 heavy (non-hydrogen) atoms. The van der Waals surface area contributed by atoms with Crippen LogP contribution in [-0.4, -0.2) is 31.7 Å². The normalized spacial score (nSPS) is 19.9. The molecule has 1 rings (SSSR count). The molecule has 0 aromatic heterocycles. The van der Waals surface area contributed by atoms with Crippen molar-refractivity contribution in [2.75, 3.05) is 19.8 Å². The SMILES string of the molecule is CCCCNC(=O)C(N)C1CCOCC1. The van der Waals surface area contributed by atoms with Crippen LogP contribution in [0.3, 0.4) is 0 Å². The van der Waals surface area contributed by atoms with E-state index in [4.69, 9.17) is 10.5 Å². The highest BCUT2D eigenvalue weighted by molar-refractivity contribution is 5.81.